The monoisotopic (exact) mass is 300 g/mol. The molecule has 112 valence electrons. The Morgan fingerprint density at radius 2 is 1.90 bits per heavy atom. The predicted octanol–water partition coefficient (Wildman–Crippen LogP) is 0.893. The zero-order valence-corrected chi connectivity index (χ0v) is 12.5. The highest BCUT2D eigenvalue weighted by Crippen LogP contribution is 2.25. The minimum absolute atomic E-state index is 0.0154. The van der Waals surface area contributed by atoms with Crippen molar-refractivity contribution in [1.82, 2.24) is 10.6 Å². The molecule has 0 aromatic rings. The Labute approximate surface area is 123 Å². The van der Waals surface area contributed by atoms with Crippen LogP contribution in [0.4, 0.5) is 0 Å². The van der Waals surface area contributed by atoms with Crippen LogP contribution in [0.5, 0.6) is 0 Å². The topological polar surface area (TPSA) is 84.5 Å². The molecule has 1 heterocycles. The first-order valence-electron chi connectivity index (χ1n) is 6.72. The molecule has 1 saturated heterocycles. The molecule has 0 aliphatic carbocycles. The van der Waals surface area contributed by atoms with E-state index in [0.29, 0.717) is 6.42 Å². The summed E-state index contributed by atoms with van der Waals surface area (Å²) in [5.74, 6) is -2.55. The quantitative estimate of drug-likeness (QED) is 0.316. The fourth-order valence-electron chi connectivity index (χ4n) is 2.30. The standard InChI is InChI=1S/C13H20N2O4S/c1-3-4-5-6-8(7-9(16)19-2)10-11(17)14-13(20)15-12(10)18/h8,10H,3-7H2,1-2H3,(H2,14,15,17,18,20). The van der Waals surface area contributed by atoms with Gasteiger partial charge < -0.3 is 15.4 Å². The molecular weight excluding hydrogens is 280 g/mol. The number of rotatable bonds is 7. The number of amides is 2. The molecule has 0 aromatic heterocycles. The molecule has 1 rings (SSSR count). The SMILES string of the molecule is CCCCCC(CC(=O)OC)C1C(=O)NC(=S)NC1=O. The molecule has 1 fully saturated rings. The first kappa shape index (κ1) is 16.6. The highest BCUT2D eigenvalue weighted by Gasteiger charge is 2.39. The summed E-state index contributed by atoms with van der Waals surface area (Å²) < 4.78 is 4.64. The van der Waals surface area contributed by atoms with Crippen LogP contribution in [0.3, 0.4) is 0 Å². The number of carbonyl (C=O) groups excluding carboxylic acids is 3. The number of methoxy groups -OCH3 is 1. The maximum absolute atomic E-state index is 11.9. The third-order valence-corrected chi connectivity index (χ3v) is 3.55. The number of carbonyl (C=O) groups is 3. The molecule has 20 heavy (non-hydrogen) atoms. The molecule has 2 N–H and O–H groups in total. The molecule has 1 atom stereocenters. The van der Waals surface area contributed by atoms with Crippen LogP contribution in [0.15, 0.2) is 0 Å². The molecule has 1 aliphatic heterocycles. The average Bonchev–Trinajstić information content (AvgIpc) is 2.37. The number of nitrogens with one attached hydrogen (secondary N) is 2. The lowest BCUT2D eigenvalue weighted by molar-refractivity contribution is -0.144. The zero-order valence-electron chi connectivity index (χ0n) is 11.7. The van der Waals surface area contributed by atoms with E-state index in [1.807, 2.05) is 0 Å². The fourth-order valence-corrected chi connectivity index (χ4v) is 2.50. The Balaban J connectivity index is 2.78. The Bertz CT molecular complexity index is 391. The molecule has 0 radical (unpaired) electrons. The Morgan fingerprint density at radius 3 is 2.40 bits per heavy atom. The smallest absolute Gasteiger partial charge is 0.305 e. The van der Waals surface area contributed by atoms with Crippen LogP contribution >= 0.6 is 12.2 Å². The van der Waals surface area contributed by atoms with E-state index in [9.17, 15) is 14.4 Å². The van der Waals surface area contributed by atoms with Crippen molar-refractivity contribution < 1.29 is 19.1 Å². The first-order valence-corrected chi connectivity index (χ1v) is 7.12. The van der Waals surface area contributed by atoms with Crippen LogP contribution < -0.4 is 10.6 Å². The van der Waals surface area contributed by atoms with Gasteiger partial charge >= 0.3 is 5.97 Å². The van der Waals surface area contributed by atoms with Gasteiger partial charge in [-0.1, -0.05) is 26.2 Å². The molecule has 1 unspecified atom stereocenters. The van der Waals surface area contributed by atoms with Crippen LogP contribution in [0.1, 0.15) is 39.0 Å². The summed E-state index contributed by atoms with van der Waals surface area (Å²) >= 11 is 4.76. The van der Waals surface area contributed by atoms with Gasteiger partial charge in [-0.15, -0.1) is 0 Å². The summed E-state index contributed by atoms with van der Waals surface area (Å²) in [6.07, 6.45) is 3.56. The molecule has 0 saturated carbocycles. The van der Waals surface area contributed by atoms with Crippen molar-refractivity contribution in [2.24, 2.45) is 11.8 Å². The molecule has 6 nitrogen and oxygen atoms in total. The number of hydrogen-bond donors (Lipinski definition) is 2. The second kappa shape index (κ2) is 7.94. The van der Waals surface area contributed by atoms with E-state index in [2.05, 4.69) is 22.3 Å². The van der Waals surface area contributed by atoms with Gasteiger partial charge in [-0.2, -0.15) is 0 Å². The van der Waals surface area contributed by atoms with Crippen molar-refractivity contribution in [2.75, 3.05) is 7.11 Å². The highest BCUT2D eigenvalue weighted by molar-refractivity contribution is 7.80. The van der Waals surface area contributed by atoms with E-state index < -0.39 is 23.7 Å². The lowest BCUT2D eigenvalue weighted by Gasteiger charge is -2.28. The van der Waals surface area contributed by atoms with Crippen molar-refractivity contribution in [3.63, 3.8) is 0 Å². The number of thiocarbonyl (C=S) groups is 1. The van der Waals surface area contributed by atoms with E-state index in [1.54, 1.807) is 0 Å². The molecule has 7 heteroatoms. The molecule has 1 aliphatic rings. The van der Waals surface area contributed by atoms with Gasteiger partial charge in [0, 0.05) is 6.42 Å². The van der Waals surface area contributed by atoms with Gasteiger partial charge in [-0.05, 0) is 24.6 Å². The molecule has 0 bridgehead atoms. The largest absolute Gasteiger partial charge is 0.469 e. The van der Waals surface area contributed by atoms with E-state index in [4.69, 9.17) is 12.2 Å². The fraction of sp³-hybridized carbons (Fsp3) is 0.692. The summed E-state index contributed by atoms with van der Waals surface area (Å²) in [7, 11) is 1.29. The summed E-state index contributed by atoms with van der Waals surface area (Å²) in [6.45, 7) is 2.06. The normalized spacial score (nSPS) is 17.4. The summed E-state index contributed by atoms with van der Waals surface area (Å²) in [5, 5.41) is 4.88. The zero-order chi connectivity index (χ0) is 15.1. The van der Waals surface area contributed by atoms with Crippen LogP contribution in [0.2, 0.25) is 0 Å². The summed E-state index contributed by atoms with van der Waals surface area (Å²) in [5.41, 5.74) is 0. The maximum atomic E-state index is 11.9. The van der Waals surface area contributed by atoms with Crippen LogP contribution in [0, 0.1) is 11.8 Å². The Morgan fingerprint density at radius 1 is 1.30 bits per heavy atom. The average molecular weight is 300 g/mol. The van der Waals surface area contributed by atoms with Crippen molar-refractivity contribution in [3.8, 4) is 0 Å². The van der Waals surface area contributed by atoms with E-state index in [-0.39, 0.29) is 17.5 Å². The van der Waals surface area contributed by atoms with Gasteiger partial charge in [0.2, 0.25) is 11.8 Å². The Kier molecular flexibility index (Phi) is 6.57. The molecule has 0 aromatic carbocycles. The highest BCUT2D eigenvalue weighted by atomic mass is 32.1. The lowest BCUT2D eigenvalue weighted by Crippen LogP contribution is -2.57. The van der Waals surface area contributed by atoms with Gasteiger partial charge in [0.25, 0.3) is 0 Å². The van der Waals surface area contributed by atoms with Crippen molar-refractivity contribution >= 4 is 35.1 Å². The number of hydrogen-bond acceptors (Lipinski definition) is 5. The molecule has 2 amide bonds. The molecular formula is C13H20N2O4S. The number of ether oxygens (including phenoxy) is 1. The van der Waals surface area contributed by atoms with Gasteiger partial charge in [0.05, 0.1) is 7.11 Å². The maximum Gasteiger partial charge on any atom is 0.305 e. The van der Waals surface area contributed by atoms with Gasteiger partial charge in [-0.25, -0.2) is 0 Å². The van der Waals surface area contributed by atoms with Crippen LogP contribution in [0.25, 0.3) is 0 Å². The van der Waals surface area contributed by atoms with Gasteiger partial charge in [-0.3, -0.25) is 14.4 Å². The second-order valence-corrected chi connectivity index (χ2v) is 5.23. The van der Waals surface area contributed by atoms with Gasteiger partial charge in [0.1, 0.15) is 5.92 Å². The van der Waals surface area contributed by atoms with Gasteiger partial charge in [0.15, 0.2) is 5.11 Å². The van der Waals surface area contributed by atoms with Crippen LogP contribution in [-0.4, -0.2) is 30.0 Å². The third kappa shape index (κ3) is 4.56. The summed E-state index contributed by atoms with van der Waals surface area (Å²) in [6, 6.07) is 0. The Hall–Kier alpha value is -1.50. The minimum atomic E-state index is -0.891. The van der Waals surface area contributed by atoms with Crippen molar-refractivity contribution in [1.29, 1.82) is 0 Å². The van der Waals surface area contributed by atoms with Crippen molar-refractivity contribution in [2.45, 2.75) is 39.0 Å². The predicted molar refractivity (Wildman–Crippen MR) is 76.6 cm³/mol. The van der Waals surface area contributed by atoms with E-state index in [1.165, 1.54) is 7.11 Å². The van der Waals surface area contributed by atoms with Crippen molar-refractivity contribution in [3.05, 3.63) is 0 Å². The number of esters is 1. The second-order valence-electron chi connectivity index (χ2n) is 4.82. The van der Waals surface area contributed by atoms with Crippen LogP contribution in [-0.2, 0) is 19.1 Å². The molecule has 0 spiro atoms. The lowest BCUT2D eigenvalue weighted by atomic mass is 9.83. The number of unbranched alkanes of at least 4 members (excludes halogenated alkanes) is 2. The van der Waals surface area contributed by atoms with E-state index >= 15 is 0 Å². The minimum Gasteiger partial charge on any atom is -0.469 e. The third-order valence-electron chi connectivity index (χ3n) is 3.34. The van der Waals surface area contributed by atoms with E-state index in [0.717, 1.165) is 19.3 Å². The summed E-state index contributed by atoms with van der Waals surface area (Å²) in [4.78, 5) is 35.4. The first-order chi connectivity index (χ1) is 9.49.